The second-order valence-electron chi connectivity index (χ2n) is 4.13. The highest BCUT2D eigenvalue weighted by molar-refractivity contribution is 6.30. The molecule has 0 heterocycles. The molecule has 0 saturated heterocycles. The van der Waals surface area contributed by atoms with Gasteiger partial charge in [-0.25, -0.2) is 0 Å². The zero-order valence-electron chi connectivity index (χ0n) is 10.4. The molecule has 0 spiro atoms. The summed E-state index contributed by atoms with van der Waals surface area (Å²) >= 11 is 5.85. The summed E-state index contributed by atoms with van der Waals surface area (Å²) in [5.74, 6) is 0.780. The SMILES string of the molecule is CCC(O)CN(C)CCOc1cccc(Cl)c1. The van der Waals surface area contributed by atoms with Crippen molar-refractivity contribution >= 4 is 11.6 Å². The van der Waals surface area contributed by atoms with Gasteiger partial charge in [-0.1, -0.05) is 24.6 Å². The third kappa shape index (κ3) is 5.91. The number of nitrogens with zero attached hydrogens (tertiary/aromatic N) is 1. The molecule has 0 aliphatic heterocycles. The monoisotopic (exact) mass is 257 g/mol. The van der Waals surface area contributed by atoms with E-state index in [1.165, 1.54) is 0 Å². The minimum absolute atomic E-state index is 0.258. The fraction of sp³-hybridized carbons (Fsp3) is 0.538. The van der Waals surface area contributed by atoms with Crippen LogP contribution in [0, 0.1) is 0 Å². The zero-order chi connectivity index (χ0) is 12.7. The topological polar surface area (TPSA) is 32.7 Å². The molecule has 0 radical (unpaired) electrons. The Bertz CT molecular complexity index is 333. The first-order valence-corrected chi connectivity index (χ1v) is 6.24. The van der Waals surface area contributed by atoms with E-state index in [1.54, 1.807) is 6.07 Å². The van der Waals surface area contributed by atoms with Crippen LogP contribution in [0.4, 0.5) is 0 Å². The Morgan fingerprint density at radius 1 is 1.47 bits per heavy atom. The summed E-state index contributed by atoms with van der Waals surface area (Å²) in [7, 11) is 1.97. The lowest BCUT2D eigenvalue weighted by molar-refractivity contribution is 0.114. The fourth-order valence-electron chi connectivity index (χ4n) is 1.46. The first-order valence-electron chi connectivity index (χ1n) is 5.86. The van der Waals surface area contributed by atoms with Crippen molar-refractivity contribution in [3.8, 4) is 5.75 Å². The third-order valence-corrected chi connectivity index (χ3v) is 2.77. The number of benzene rings is 1. The maximum atomic E-state index is 9.48. The van der Waals surface area contributed by atoms with Crippen LogP contribution in [0.2, 0.25) is 5.02 Å². The van der Waals surface area contributed by atoms with Crippen LogP contribution < -0.4 is 4.74 Å². The summed E-state index contributed by atoms with van der Waals surface area (Å²) in [6, 6.07) is 7.36. The van der Waals surface area contributed by atoms with Crippen LogP contribution in [-0.2, 0) is 0 Å². The average Bonchev–Trinajstić information content (AvgIpc) is 2.29. The Morgan fingerprint density at radius 3 is 2.88 bits per heavy atom. The number of aliphatic hydroxyl groups is 1. The molecule has 1 aromatic carbocycles. The molecular formula is C13H20ClNO2. The van der Waals surface area contributed by atoms with Gasteiger partial charge in [-0.05, 0) is 31.7 Å². The maximum absolute atomic E-state index is 9.48. The number of halogens is 1. The summed E-state index contributed by atoms with van der Waals surface area (Å²) in [5.41, 5.74) is 0. The number of aliphatic hydroxyl groups excluding tert-OH is 1. The molecule has 17 heavy (non-hydrogen) atoms. The highest BCUT2D eigenvalue weighted by Gasteiger charge is 2.05. The number of hydrogen-bond donors (Lipinski definition) is 1. The minimum Gasteiger partial charge on any atom is -0.492 e. The Balaban J connectivity index is 2.23. The van der Waals surface area contributed by atoms with Crippen molar-refractivity contribution in [2.45, 2.75) is 19.4 Å². The van der Waals surface area contributed by atoms with E-state index in [0.29, 0.717) is 18.2 Å². The molecule has 0 bridgehead atoms. The van der Waals surface area contributed by atoms with Crippen LogP contribution in [0.25, 0.3) is 0 Å². The Labute approximate surface area is 108 Å². The molecular weight excluding hydrogens is 238 g/mol. The highest BCUT2D eigenvalue weighted by Crippen LogP contribution is 2.16. The molecule has 0 fully saturated rings. The lowest BCUT2D eigenvalue weighted by atomic mass is 10.2. The molecule has 1 aromatic rings. The van der Waals surface area contributed by atoms with Crippen molar-refractivity contribution in [3.63, 3.8) is 0 Å². The molecule has 0 aliphatic rings. The molecule has 1 atom stereocenters. The molecule has 96 valence electrons. The summed E-state index contributed by atoms with van der Waals surface area (Å²) < 4.78 is 5.56. The molecule has 0 amide bonds. The molecule has 1 unspecified atom stereocenters. The second-order valence-corrected chi connectivity index (χ2v) is 4.57. The van der Waals surface area contributed by atoms with Gasteiger partial charge in [-0.3, -0.25) is 0 Å². The Morgan fingerprint density at radius 2 is 2.24 bits per heavy atom. The van der Waals surface area contributed by atoms with Gasteiger partial charge in [-0.15, -0.1) is 0 Å². The van der Waals surface area contributed by atoms with Gasteiger partial charge < -0.3 is 14.7 Å². The zero-order valence-corrected chi connectivity index (χ0v) is 11.2. The first-order chi connectivity index (χ1) is 8.11. The van der Waals surface area contributed by atoms with Crippen LogP contribution in [0.1, 0.15) is 13.3 Å². The van der Waals surface area contributed by atoms with Crippen molar-refractivity contribution in [1.29, 1.82) is 0 Å². The molecule has 0 aliphatic carbocycles. The van der Waals surface area contributed by atoms with Crippen molar-refractivity contribution in [2.24, 2.45) is 0 Å². The average molecular weight is 258 g/mol. The van der Waals surface area contributed by atoms with Crippen LogP contribution in [0.5, 0.6) is 5.75 Å². The predicted molar refractivity (Wildman–Crippen MR) is 70.7 cm³/mol. The highest BCUT2D eigenvalue weighted by atomic mass is 35.5. The van der Waals surface area contributed by atoms with Gasteiger partial charge in [0.2, 0.25) is 0 Å². The van der Waals surface area contributed by atoms with Gasteiger partial charge in [0.15, 0.2) is 0 Å². The van der Waals surface area contributed by atoms with E-state index in [1.807, 2.05) is 32.2 Å². The lowest BCUT2D eigenvalue weighted by Gasteiger charge is -2.19. The first kappa shape index (κ1) is 14.3. The van der Waals surface area contributed by atoms with Crippen LogP contribution >= 0.6 is 11.6 Å². The third-order valence-electron chi connectivity index (χ3n) is 2.53. The fourth-order valence-corrected chi connectivity index (χ4v) is 1.64. The maximum Gasteiger partial charge on any atom is 0.120 e. The van der Waals surface area contributed by atoms with E-state index in [-0.39, 0.29) is 6.10 Å². The van der Waals surface area contributed by atoms with Gasteiger partial charge in [0.25, 0.3) is 0 Å². The smallest absolute Gasteiger partial charge is 0.120 e. The predicted octanol–water partition coefficient (Wildman–Crippen LogP) is 2.42. The normalized spacial score (nSPS) is 12.8. The van der Waals surface area contributed by atoms with E-state index >= 15 is 0 Å². The van der Waals surface area contributed by atoms with E-state index < -0.39 is 0 Å². The lowest BCUT2D eigenvalue weighted by Crippen LogP contribution is -2.31. The van der Waals surface area contributed by atoms with E-state index in [0.717, 1.165) is 18.7 Å². The Kier molecular flexibility index (Phi) is 6.34. The van der Waals surface area contributed by atoms with Crippen molar-refractivity contribution < 1.29 is 9.84 Å². The van der Waals surface area contributed by atoms with Crippen LogP contribution in [-0.4, -0.2) is 42.9 Å². The van der Waals surface area contributed by atoms with Crippen molar-refractivity contribution in [1.82, 2.24) is 4.90 Å². The second kappa shape index (κ2) is 7.54. The molecule has 1 rings (SSSR count). The van der Waals surface area contributed by atoms with Crippen molar-refractivity contribution in [2.75, 3.05) is 26.7 Å². The van der Waals surface area contributed by atoms with Crippen LogP contribution in [0.15, 0.2) is 24.3 Å². The van der Waals surface area contributed by atoms with Gasteiger partial charge in [0.05, 0.1) is 6.10 Å². The van der Waals surface area contributed by atoms with Gasteiger partial charge >= 0.3 is 0 Å². The molecule has 3 nitrogen and oxygen atoms in total. The van der Waals surface area contributed by atoms with E-state index in [2.05, 4.69) is 4.90 Å². The van der Waals surface area contributed by atoms with Crippen molar-refractivity contribution in [3.05, 3.63) is 29.3 Å². The molecule has 0 aromatic heterocycles. The standard InChI is InChI=1S/C13H20ClNO2/c1-3-12(16)10-15(2)7-8-17-13-6-4-5-11(14)9-13/h4-6,9,12,16H,3,7-8,10H2,1-2H3. The van der Waals surface area contributed by atoms with Gasteiger partial charge in [0, 0.05) is 18.1 Å². The summed E-state index contributed by atoms with van der Waals surface area (Å²) in [6.45, 7) is 4.02. The molecule has 4 heteroatoms. The minimum atomic E-state index is -0.258. The molecule has 1 N–H and O–H groups in total. The summed E-state index contributed by atoms with van der Waals surface area (Å²) in [4.78, 5) is 2.05. The number of hydrogen-bond acceptors (Lipinski definition) is 3. The Hall–Kier alpha value is -0.770. The number of likely N-dealkylation sites (N-methyl/N-ethyl adjacent to an activating group) is 1. The summed E-state index contributed by atoms with van der Waals surface area (Å²) in [6.07, 6.45) is 0.519. The van der Waals surface area contributed by atoms with E-state index in [9.17, 15) is 5.11 Å². The largest absolute Gasteiger partial charge is 0.492 e. The quantitative estimate of drug-likeness (QED) is 0.814. The number of ether oxygens (including phenoxy) is 1. The van der Waals surface area contributed by atoms with Gasteiger partial charge in [0.1, 0.15) is 12.4 Å². The molecule has 0 saturated carbocycles. The number of rotatable bonds is 7. The summed E-state index contributed by atoms with van der Waals surface area (Å²) in [5, 5.41) is 10.2. The van der Waals surface area contributed by atoms with Crippen LogP contribution in [0.3, 0.4) is 0 Å². The van der Waals surface area contributed by atoms with E-state index in [4.69, 9.17) is 16.3 Å². The van der Waals surface area contributed by atoms with Gasteiger partial charge in [-0.2, -0.15) is 0 Å².